The summed E-state index contributed by atoms with van der Waals surface area (Å²) < 4.78 is 1.10. The van der Waals surface area contributed by atoms with Gasteiger partial charge in [0.2, 0.25) is 0 Å². The number of phenolic OH excluding ortho intramolecular Hbond substituents is 1. The minimum atomic E-state index is 0.236. The van der Waals surface area contributed by atoms with Gasteiger partial charge in [-0.05, 0) is 54.4 Å². The lowest BCUT2D eigenvalue weighted by Crippen LogP contribution is -2.17. The number of hydrogen-bond acceptors (Lipinski definition) is 3. The average molecular weight is 433 g/mol. The van der Waals surface area contributed by atoms with Crippen LogP contribution in [0, 0.1) is 0 Å². The van der Waals surface area contributed by atoms with Crippen molar-refractivity contribution in [1.29, 1.82) is 0 Å². The first-order chi connectivity index (χ1) is 13.7. The maximum atomic E-state index is 9.80. The minimum Gasteiger partial charge on any atom is -0.508 e. The first-order valence-corrected chi connectivity index (χ1v) is 10.1. The van der Waals surface area contributed by atoms with Gasteiger partial charge in [-0.1, -0.05) is 58.4 Å². The van der Waals surface area contributed by atoms with Crippen LogP contribution in [0.3, 0.4) is 0 Å². The van der Waals surface area contributed by atoms with E-state index in [0.29, 0.717) is 0 Å². The summed E-state index contributed by atoms with van der Waals surface area (Å²) in [5.41, 5.74) is 5.30. The van der Waals surface area contributed by atoms with E-state index in [1.165, 1.54) is 5.56 Å². The standard InChI is InChI=1S/C24H21BrN2O/c25-21-9-6-17(7-10-21)12-13-26-16-20-14-19-8-11-22(28)15-23(19)27-24(20)18-4-2-1-3-5-18/h1-11,14-15,26,28H,12-13,16H2. The molecule has 0 radical (unpaired) electrons. The van der Waals surface area contributed by atoms with Crippen LogP contribution in [0.2, 0.25) is 0 Å². The lowest BCUT2D eigenvalue weighted by Gasteiger charge is -2.12. The largest absolute Gasteiger partial charge is 0.508 e. The molecular formula is C24H21BrN2O. The van der Waals surface area contributed by atoms with Gasteiger partial charge < -0.3 is 10.4 Å². The van der Waals surface area contributed by atoms with Crippen LogP contribution < -0.4 is 5.32 Å². The lowest BCUT2D eigenvalue weighted by atomic mass is 10.0. The number of nitrogens with one attached hydrogen (secondary N) is 1. The Labute approximate surface area is 173 Å². The van der Waals surface area contributed by atoms with Crippen LogP contribution in [0.1, 0.15) is 11.1 Å². The molecule has 28 heavy (non-hydrogen) atoms. The monoisotopic (exact) mass is 432 g/mol. The molecule has 0 aliphatic rings. The van der Waals surface area contributed by atoms with E-state index in [9.17, 15) is 5.11 Å². The van der Waals surface area contributed by atoms with Gasteiger partial charge in [0.05, 0.1) is 11.2 Å². The van der Waals surface area contributed by atoms with Crippen molar-refractivity contribution in [3.63, 3.8) is 0 Å². The van der Waals surface area contributed by atoms with Crippen molar-refractivity contribution < 1.29 is 5.11 Å². The van der Waals surface area contributed by atoms with E-state index in [0.717, 1.165) is 51.7 Å². The Bertz CT molecular complexity index is 1080. The van der Waals surface area contributed by atoms with Crippen LogP contribution in [-0.4, -0.2) is 16.6 Å². The second-order valence-corrected chi connectivity index (χ2v) is 7.71. The first kappa shape index (κ1) is 18.7. The van der Waals surface area contributed by atoms with Gasteiger partial charge in [0.25, 0.3) is 0 Å². The predicted octanol–water partition coefficient (Wildman–Crippen LogP) is 5.70. The smallest absolute Gasteiger partial charge is 0.117 e. The molecule has 0 fully saturated rings. The third kappa shape index (κ3) is 4.41. The summed E-state index contributed by atoms with van der Waals surface area (Å²) in [5, 5.41) is 14.4. The van der Waals surface area contributed by atoms with Crippen molar-refractivity contribution in [2.24, 2.45) is 0 Å². The minimum absolute atomic E-state index is 0.236. The molecule has 0 aliphatic carbocycles. The van der Waals surface area contributed by atoms with Crippen LogP contribution in [0.4, 0.5) is 0 Å². The van der Waals surface area contributed by atoms with Gasteiger partial charge in [0.1, 0.15) is 5.75 Å². The van der Waals surface area contributed by atoms with Gasteiger partial charge in [-0.25, -0.2) is 4.98 Å². The zero-order valence-corrected chi connectivity index (χ0v) is 17.0. The number of halogens is 1. The zero-order valence-electron chi connectivity index (χ0n) is 15.4. The zero-order chi connectivity index (χ0) is 19.3. The molecule has 0 amide bonds. The van der Waals surface area contributed by atoms with Crippen molar-refractivity contribution in [3.8, 4) is 17.0 Å². The van der Waals surface area contributed by atoms with Crippen LogP contribution in [0.5, 0.6) is 5.75 Å². The van der Waals surface area contributed by atoms with Gasteiger partial charge in [-0.2, -0.15) is 0 Å². The third-order valence-corrected chi connectivity index (χ3v) is 5.28. The molecule has 4 aromatic rings. The van der Waals surface area contributed by atoms with E-state index in [1.807, 2.05) is 24.3 Å². The van der Waals surface area contributed by atoms with E-state index in [-0.39, 0.29) is 5.75 Å². The fourth-order valence-electron chi connectivity index (χ4n) is 3.29. The summed E-state index contributed by atoms with van der Waals surface area (Å²) in [5.74, 6) is 0.236. The number of benzene rings is 3. The van der Waals surface area contributed by atoms with Crippen molar-refractivity contribution in [2.45, 2.75) is 13.0 Å². The van der Waals surface area contributed by atoms with Gasteiger partial charge in [-0.15, -0.1) is 0 Å². The fraction of sp³-hybridized carbons (Fsp3) is 0.125. The number of phenols is 1. The van der Waals surface area contributed by atoms with Crippen LogP contribution >= 0.6 is 15.9 Å². The van der Waals surface area contributed by atoms with Crippen molar-refractivity contribution >= 4 is 26.8 Å². The van der Waals surface area contributed by atoms with E-state index in [1.54, 1.807) is 12.1 Å². The molecular weight excluding hydrogens is 412 g/mol. The Morgan fingerprint density at radius 1 is 0.893 bits per heavy atom. The van der Waals surface area contributed by atoms with Crippen molar-refractivity contribution in [2.75, 3.05) is 6.54 Å². The molecule has 0 spiro atoms. The molecule has 1 aromatic heterocycles. The molecule has 0 saturated carbocycles. The van der Waals surface area contributed by atoms with Crippen LogP contribution in [-0.2, 0) is 13.0 Å². The fourth-order valence-corrected chi connectivity index (χ4v) is 3.55. The Kier molecular flexibility index (Phi) is 5.70. The topological polar surface area (TPSA) is 45.1 Å². The lowest BCUT2D eigenvalue weighted by molar-refractivity contribution is 0.476. The van der Waals surface area contributed by atoms with E-state index in [2.05, 4.69) is 63.7 Å². The Morgan fingerprint density at radius 3 is 2.46 bits per heavy atom. The first-order valence-electron chi connectivity index (χ1n) is 9.32. The number of hydrogen-bond donors (Lipinski definition) is 2. The molecule has 140 valence electrons. The Morgan fingerprint density at radius 2 is 1.68 bits per heavy atom. The summed E-state index contributed by atoms with van der Waals surface area (Å²) >= 11 is 3.47. The maximum Gasteiger partial charge on any atom is 0.117 e. The molecule has 2 N–H and O–H groups in total. The van der Waals surface area contributed by atoms with Crippen molar-refractivity contribution in [1.82, 2.24) is 10.3 Å². The van der Waals surface area contributed by atoms with Crippen LogP contribution in [0.25, 0.3) is 22.2 Å². The highest BCUT2D eigenvalue weighted by Gasteiger charge is 2.10. The molecule has 4 heteroatoms. The second-order valence-electron chi connectivity index (χ2n) is 6.79. The Hall–Kier alpha value is -2.69. The molecule has 0 unspecified atom stereocenters. The van der Waals surface area contributed by atoms with Crippen LogP contribution in [0.15, 0.2) is 83.3 Å². The molecule has 3 aromatic carbocycles. The quantitative estimate of drug-likeness (QED) is 0.384. The number of pyridine rings is 1. The van der Waals surface area contributed by atoms with E-state index in [4.69, 9.17) is 4.98 Å². The summed E-state index contributed by atoms with van der Waals surface area (Å²) in [6.07, 6.45) is 0.975. The molecule has 1 heterocycles. The average Bonchev–Trinajstić information content (AvgIpc) is 2.72. The highest BCUT2D eigenvalue weighted by molar-refractivity contribution is 9.10. The van der Waals surface area contributed by atoms with Gasteiger partial charge in [0.15, 0.2) is 0 Å². The predicted molar refractivity (Wildman–Crippen MR) is 118 cm³/mol. The summed E-state index contributed by atoms with van der Waals surface area (Å²) in [4.78, 5) is 4.85. The molecule has 0 saturated heterocycles. The number of rotatable bonds is 6. The SMILES string of the molecule is Oc1ccc2cc(CNCCc3ccc(Br)cc3)c(-c3ccccc3)nc2c1. The highest BCUT2D eigenvalue weighted by atomic mass is 79.9. The number of aromatic hydroxyl groups is 1. The van der Waals surface area contributed by atoms with E-state index < -0.39 is 0 Å². The Balaban J connectivity index is 1.56. The normalized spacial score (nSPS) is 11.0. The number of fused-ring (bicyclic) bond motifs is 1. The molecule has 4 rings (SSSR count). The number of nitrogens with zero attached hydrogens (tertiary/aromatic N) is 1. The molecule has 0 aliphatic heterocycles. The van der Waals surface area contributed by atoms with Crippen molar-refractivity contribution in [3.05, 3.63) is 94.5 Å². The maximum absolute atomic E-state index is 9.80. The molecule has 3 nitrogen and oxygen atoms in total. The van der Waals surface area contributed by atoms with E-state index >= 15 is 0 Å². The summed E-state index contributed by atoms with van der Waals surface area (Å²) in [6, 6.07) is 26.1. The van der Waals surface area contributed by atoms with Gasteiger partial charge in [0, 0.05) is 28.0 Å². The highest BCUT2D eigenvalue weighted by Crippen LogP contribution is 2.27. The number of aromatic nitrogens is 1. The third-order valence-electron chi connectivity index (χ3n) is 4.75. The molecule has 0 atom stereocenters. The second kappa shape index (κ2) is 8.55. The molecule has 0 bridgehead atoms. The summed E-state index contributed by atoms with van der Waals surface area (Å²) in [7, 11) is 0. The summed E-state index contributed by atoms with van der Waals surface area (Å²) in [6.45, 7) is 1.63. The van der Waals surface area contributed by atoms with Gasteiger partial charge >= 0.3 is 0 Å². The van der Waals surface area contributed by atoms with Gasteiger partial charge in [-0.3, -0.25) is 0 Å².